The van der Waals surface area contributed by atoms with E-state index in [4.69, 9.17) is 0 Å². The van der Waals surface area contributed by atoms with Crippen LogP contribution < -0.4 is 4.74 Å². The van der Waals surface area contributed by atoms with Gasteiger partial charge in [0.1, 0.15) is 5.82 Å². The summed E-state index contributed by atoms with van der Waals surface area (Å²) in [5, 5.41) is 0.0781. The summed E-state index contributed by atoms with van der Waals surface area (Å²) in [7, 11) is 0. The van der Waals surface area contributed by atoms with Crippen molar-refractivity contribution in [1.82, 2.24) is 4.98 Å². The average Bonchev–Trinajstić information content (AvgIpc) is 2.03. The standard InChI is InChI=1S/C7H5BrF3NO/c8-3-4-5(9)1-2-12-6(4)13-7(10)11/h1-2,7H,3H2. The highest BCUT2D eigenvalue weighted by Crippen LogP contribution is 2.22. The lowest BCUT2D eigenvalue weighted by atomic mass is 10.3. The van der Waals surface area contributed by atoms with E-state index in [-0.39, 0.29) is 16.8 Å². The van der Waals surface area contributed by atoms with Crippen LogP contribution in [0.5, 0.6) is 5.88 Å². The second kappa shape index (κ2) is 4.45. The van der Waals surface area contributed by atoms with Gasteiger partial charge < -0.3 is 4.74 Å². The monoisotopic (exact) mass is 255 g/mol. The minimum atomic E-state index is -2.99. The molecule has 1 rings (SSSR count). The van der Waals surface area contributed by atoms with Crippen LogP contribution in [0, 0.1) is 5.82 Å². The third-order valence-corrected chi connectivity index (χ3v) is 1.85. The van der Waals surface area contributed by atoms with Crippen LogP contribution in [0.1, 0.15) is 5.56 Å². The average molecular weight is 256 g/mol. The molecule has 72 valence electrons. The van der Waals surface area contributed by atoms with E-state index in [0.717, 1.165) is 12.3 Å². The van der Waals surface area contributed by atoms with E-state index >= 15 is 0 Å². The van der Waals surface area contributed by atoms with Crippen molar-refractivity contribution in [2.75, 3.05) is 0 Å². The molecular formula is C7H5BrF3NO. The third kappa shape index (κ3) is 2.58. The second-order valence-electron chi connectivity index (χ2n) is 2.09. The lowest BCUT2D eigenvalue weighted by Crippen LogP contribution is -2.06. The normalized spacial score (nSPS) is 10.5. The summed E-state index contributed by atoms with van der Waals surface area (Å²) in [6, 6.07) is 1.08. The van der Waals surface area contributed by atoms with E-state index < -0.39 is 12.4 Å². The van der Waals surface area contributed by atoms with Crippen molar-refractivity contribution in [1.29, 1.82) is 0 Å². The molecular weight excluding hydrogens is 251 g/mol. The molecule has 0 saturated carbocycles. The molecule has 0 N–H and O–H groups in total. The molecule has 0 aliphatic carbocycles. The predicted octanol–water partition coefficient (Wildman–Crippen LogP) is 2.72. The summed E-state index contributed by atoms with van der Waals surface area (Å²) in [6.07, 6.45) is 1.07. The fraction of sp³-hybridized carbons (Fsp3) is 0.286. The van der Waals surface area contributed by atoms with Crippen molar-refractivity contribution >= 4 is 15.9 Å². The fourth-order valence-electron chi connectivity index (χ4n) is 0.758. The Morgan fingerprint density at radius 3 is 2.77 bits per heavy atom. The maximum Gasteiger partial charge on any atom is 0.388 e. The SMILES string of the molecule is Fc1ccnc(OC(F)F)c1CBr. The maximum absolute atomic E-state index is 12.9. The molecule has 1 aromatic rings. The Morgan fingerprint density at radius 2 is 2.23 bits per heavy atom. The van der Waals surface area contributed by atoms with Crippen LogP contribution in [0.25, 0.3) is 0 Å². The van der Waals surface area contributed by atoms with Gasteiger partial charge in [-0.05, 0) is 6.07 Å². The van der Waals surface area contributed by atoms with Crippen LogP contribution in [-0.4, -0.2) is 11.6 Å². The van der Waals surface area contributed by atoms with Gasteiger partial charge in [0.15, 0.2) is 0 Å². The first-order valence-corrected chi connectivity index (χ1v) is 4.41. The molecule has 13 heavy (non-hydrogen) atoms. The van der Waals surface area contributed by atoms with E-state index in [1.54, 1.807) is 0 Å². The zero-order chi connectivity index (χ0) is 9.84. The van der Waals surface area contributed by atoms with E-state index in [2.05, 4.69) is 25.7 Å². The Balaban J connectivity index is 2.98. The van der Waals surface area contributed by atoms with Crippen LogP contribution in [0.4, 0.5) is 13.2 Å². The Hall–Kier alpha value is -0.780. The minimum Gasteiger partial charge on any atom is -0.416 e. The van der Waals surface area contributed by atoms with Gasteiger partial charge in [0.25, 0.3) is 0 Å². The molecule has 0 amide bonds. The number of hydrogen-bond donors (Lipinski definition) is 0. The number of alkyl halides is 3. The number of ether oxygens (including phenoxy) is 1. The zero-order valence-electron chi connectivity index (χ0n) is 6.31. The summed E-state index contributed by atoms with van der Waals surface area (Å²) in [5.74, 6) is -1.01. The lowest BCUT2D eigenvalue weighted by molar-refractivity contribution is -0.0535. The van der Waals surface area contributed by atoms with E-state index in [9.17, 15) is 13.2 Å². The van der Waals surface area contributed by atoms with Gasteiger partial charge in [-0.2, -0.15) is 8.78 Å². The highest BCUT2D eigenvalue weighted by atomic mass is 79.9. The molecule has 0 saturated heterocycles. The van der Waals surface area contributed by atoms with Gasteiger partial charge in [-0.1, -0.05) is 15.9 Å². The van der Waals surface area contributed by atoms with Crippen molar-refractivity contribution in [2.45, 2.75) is 11.9 Å². The minimum absolute atomic E-state index is 0.0113. The van der Waals surface area contributed by atoms with Crippen molar-refractivity contribution in [3.8, 4) is 5.88 Å². The van der Waals surface area contributed by atoms with Gasteiger partial charge in [0, 0.05) is 11.5 Å². The second-order valence-corrected chi connectivity index (χ2v) is 2.65. The zero-order valence-corrected chi connectivity index (χ0v) is 7.89. The van der Waals surface area contributed by atoms with Gasteiger partial charge in [0.2, 0.25) is 5.88 Å². The number of rotatable bonds is 3. The molecule has 0 unspecified atom stereocenters. The van der Waals surface area contributed by atoms with E-state index in [1.165, 1.54) is 0 Å². The van der Waals surface area contributed by atoms with Gasteiger partial charge in [0.05, 0.1) is 5.56 Å². The molecule has 2 nitrogen and oxygen atoms in total. The summed E-state index contributed by atoms with van der Waals surface area (Å²) in [5.41, 5.74) is -0.0113. The Morgan fingerprint density at radius 1 is 1.54 bits per heavy atom. The van der Waals surface area contributed by atoms with Crippen molar-refractivity contribution in [3.05, 3.63) is 23.6 Å². The Labute approximate surface area is 80.9 Å². The Bertz CT molecular complexity index is 295. The molecule has 1 aromatic heterocycles. The van der Waals surface area contributed by atoms with E-state index in [0.29, 0.717) is 0 Å². The number of nitrogens with zero attached hydrogens (tertiary/aromatic N) is 1. The molecule has 0 radical (unpaired) electrons. The van der Waals surface area contributed by atoms with Crippen LogP contribution in [0.3, 0.4) is 0 Å². The third-order valence-electron chi connectivity index (χ3n) is 1.29. The van der Waals surface area contributed by atoms with Gasteiger partial charge in [-0.15, -0.1) is 0 Å². The first-order chi connectivity index (χ1) is 6.15. The van der Waals surface area contributed by atoms with Gasteiger partial charge in [-0.3, -0.25) is 0 Å². The summed E-state index contributed by atoms with van der Waals surface area (Å²) in [6.45, 7) is -2.99. The van der Waals surface area contributed by atoms with Crippen LogP contribution >= 0.6 is 15.9 Å². The summed E-state index contributed by atoms with van der Waals surface area (Å²) >= 11 is 2.94. The predicted molar refractivity (Wildman–Crippen MR) is 43.5 cm³/mol. The number of aromatic nitrogens is 1. The fourth-order valence-corrected chi connectivity index (χ4v) is 1.27. The molecule has 0 aliphatic rings. The lowest BCUT2D eigenvalue weighted by Gasteiger charge is -2.07. The highest BCUT2D eigenvalue weighted by Gasteiger charge is 2.13. The maximum atomic E-state index is 12.9. The molecule has 6 heteroatoms. The Kier molecular flexibility index (Phi) is 3.53. The summed E-state index contributed by atoms with van der Waals surface area (Å²) < 4.78 is 40.4. The molecule has 0 atom stereocenters. The van der Waals surface area contributed by atoms with Crippen molar-refractivity contribution < 1.29 is 17.9 Å². The van der Waals surface area contributed by atoms with E-state index in [1.807, 2.05) is 0 Å². The molecule has 1 heterocycles. The van der Waals surface area contributed by atoms with Gasteiger partial charge >= 0.3 is 6.61 Å². The number of hydrogen-bond acceptors (Lipinski definition) is 2. The molecule has 0 aliphatic heterocycles. The molecule has 0 fully saturated rings. The number of pyridine rings is 1. The molecule has 0 aromatic carbocycles. The molecule has 0 spiro atoms. The van der Waals surface area contributed by atoms with Crippen LogP contribution in [0.2, 0.25) is 0 Å². The van der Waals surface area contributed by atoms with Crippen molar-refractivity contribution in [2.24, 2.45) is 0 Å². The summed E-state index contributed by atoms with van der Waals surface area (Å²) in [4.78, 5) is 3.48. The van der Waals surface area contributed by atoms with Crippen LogP contribution in [-0.2, 0) is 5.33 Å². The first-order valence-electron chi connectivity index (χ1n) is 3.29. The first kappa shape index (κ1) is 10.3. The number of halogens is 4. The highest BCUT2D eigenvalue weighted by molar-refractivity contribution is 9.08. The molecule has 0 bridgehead atoms. The largest absolute Gasteiger partial charge is 0.416 e. The quantitative estimate of drug-likeness (QED) is 0.775. The van der Waals surface area contributed by atoms with Gasteiger partial charge in [-0.25, -0.2) is 9.37 Å². The smallest absolute Gasteiger partial charge is 0.388 e. The van der Waals surface area contributed by atoms with Crippen molar-refractivity contribution in [3.63, 3.8) is 0 Å². The van der Waals surface area contributed by atoms with Crippen LogP contribution in [0.15, 0.2) is 12.3 Å². The topological polar surface area (TPSA) is 22.1 Å².